The summed E-state index contributed by atoms with van der Waals surface area (Å²) in [4.78, 5) is 14.4. The van der Waals surface area contributed by atoms with E-state index in [-0.39, 0.29) is 11.9 Å². The molecule has 1 saturated heterocycles. The molecular formula is C16H24N2O3S. The Morgan fingerprint density at radius 3 is 2.73 bits per heavy atom. The summed E-state index contributed by atoms with van der Waals surface area (Å²) < 4.78 is 25.1. The van der Waals surface area contributed by atoms with Crippen LogP contribution in [-0.2, 0) is 21.2 Å². The van der Waals surface area contributed by atoms with Gasteiger partial charge in [0.25, 0.3) is 0 Å². The largest absolute Gasteiger partial charge is 0.338 e. The van der Waals surface area contributed by atoms with Crippen LogP contribution in [0.5, 0.6) is 0 Å². The van der Waals surface area contributed by atoms with E-state index in [0.29, 0.717) is 19.5 Å². The highest BCUT2D eigenvalue weighted by Gasteiger charge is 2.27. The van der Waals surface area contributed by atoms with Crippen molar-refractivity contribution in [1.29, 1.82) is 0 Å². The molecule has 1 N–H and O–H groups in total. The summed E-state index contributed by atoms with van der Waals surface area (Å²) in [5.74, 6) is 0.0781. The van der Waals surface area contributed by atoms with Gasteiger partial charge in [-0.1, -0.05) is 24.3 Å². The van der Waals surface area contributed by atoms with E-state index in [2.05, 4.69) is 4.72 Å². The van der Waals surface area contributed by atoms with Gasteiger partial charge >= 0.3 is 0 Å². The molecule has 1 amide bonds. The standard InChI is InChI=1S/C16H24N2O3S/c1-13-7-3-4-8-14(13)11-16(19)18-10-6-5-9-15(18)12-17-22(2,20)21/h3-4,7-8,15,17H,5-6,9-12H2,1-2H3/t15-/m1/s1. The SMILES string of the molecule is Cc1ccccc1CC(=O)N1CCCC[C@@H]1CNS(C)(=O)=O. The van der Waals surface area contributed by atoms with Crippen molar-refractivity contribution in [2.45, 2.75) is 38.6 Å². The first-order valence-electron chi connectivity index (χ1n) is 7.65. The van der Waals surface area contributed by atoms with E-state index < -0.39 is 10.0 Å². The molecular weight excluding hydrogens is 300 g/mol. The smallest absolute Gasteiger partial charge is 0.227 e. The van der Waals surface area contributed by atoms with E-state index in [1.807, 2.05) is 36.1 Å². The van der Waals surface area contributed by atoms with Crippen LogP contribution in [0.2, 0.25) is 0 Å². The van der Waals surface area contributed by atoms with Crippen LogP contribution < -0.4 is 4.72 Å². The first kappa shape index (κ1) is 17.0. The van der Waals surface area contributed by atoms with Crippen molar-refractivity contribution in [2.75, 3.05) is 19.3 Å². The molecule has 1 heterocycles. The maximum atomic E-state index is 12.6. The lowest BCUT2D eigenvalue weighted by Crippen LogP contribution is -2.49. The van der Waals surface area contributed by atoms with Crippen LogP contribution in [0.4, 0.5) is 0 Å². The average molecular weight is 324 g/mol. The number of nitrogens with one attached hydrogen (secondary N) is 1. The van der Waals surface area contributed by atoms with Crippen molar-refractivity contribution in [1.82, 2.24) is 9.62 Å². The van der Waals surface area contributed by atoms with Crippen LogP contribution in [0.1, 0.15) is 30.4 Å². The van der Waals surface area contributed by atoms with Crippen molar-refractivity contribution in [3.8, 4) is 0 Å². The Morgan fingerprint density at radius 1 is 1.32 bits per heavy atom. The summed E-state index contributed by atoms with van der Waals surface area (Å²) in [6.45, 7) is 3.01. The second-order valence-electron chi connectivity index (χ2n) is 5.96. The molecule has 5 nitrogen and oxygen atoms in total. The second kappa shape index (κ2) is 7.24. The van der Waals surface area contributed by atoms with Gasteiger partial charge in [0, 0.05) is 19.1 Å². The zero-order valence-electron chi connectivity index (χ0n) is 13.2. The molecule has 122 valence electrons. The average Bonchev–Trinajstić information content (AvgIpc) is 2.47. The molecule has 0 radical (unpaired) electrons. The molecule has 1 fully saturated rings. The first-order chi connectivity index (χ1) is 10.4. The summed E-state index contributed by atoms with van der Waals surface area (Å²) in [5, 5.41) is 0. The number of carbonyl (C=O) groups is 1. The van der Waals surface area contributed by atoms with Crippen LogP contribution >= 0.6 is 0 Å². The predicted molar refractivity (Wildman–Crippen MR) is 87.1 cm³/mol. The van der Waals surface area contributed by atoms with Gasteiger partial charge in [-0.2, -0.15) is 0 Å². The van der Waals surface area contributed by atoms with Gasteiger partial charge in [-0.25, -0.2) is 13.1 Å². The van der Waals surface area contributed by atoms with Crippen LogP contribution in [0.25, 0.3) is 0 Å². The molecule has 0 aliphatic carbocycles. The molecule has 0 aromatic heterocycles. The third-order valence-electron chi connectivity index (χ3n) is 4.13. The Hall–Kier alpha value is -1.40. The maximum Gasteiger partial charge on any atom is 0.227 e. The number of nitrogens with zero attached hydrogens (tertiary/aromatic N) is 1. The monoisotopic (exact) mass is 324 g/mol. The Balaban J connectivity index is 2.03. The van der Waals surface area contributed by atoms with Crippen molar-refractivity contribution in [3.63, 3.8) is 0 Å². The van der Waals surface area contributed by atoms with Gasteiger partial charge in [0.2, 0.25) is 15.9 Å². The van der Waals surface area contributed by atoms with Gasteiger partial charge in [-0.3, -0.25) is 4.79 Å². The number of aryl methyl sites for hydroxylation is 1. The van der Waals surface area contributed by atoms with Gasteiger partial charge in [0.15, 0.2) is 0 Å². The number of likely N-dealkylation sites (tertiary alicyclic amines) is 1. The fourth-order valence-electron chi connectivity index (χ4n) is 2.86. The molecule has 1 atom stereocenters. The van der Waals surface area contributed by atoms with Crippen molar-refractivity contribution >= 4 is 15.9 Å². The van der Waals surface area contributed by atoms with Crippen molar-refractivity contribution in [2.24, 2.45) is 0 Å². The molecule has 1 aromatic rings. The lowest BCUT2D eigenvalue weighted by molar-refractivity contribution is -0.133. The van der Waals surface area contributed by atoms with Crippen LogP contribution in [0, 0.1) is 6.92 Å². The van der Waals surface area contributed by atoms with Gasteiger partial charge in [-0.15, -0.1) is 0 Å². The maximum absolute atomic E-state index is 12.6. The molecule has 22 heavy (non-hydrogen) atoms. The summed E-state index contributed by atoms with van der Waals surface area (Å²) in [6.07, 6.45) is 4.39. The van der Waals surface area contributed by atoms with E-state index in [1.54, 1.807) is 0 Å². The topological polar surface area (TPSA) is 66.5 Å². The normalized spacial score (nSPS) is 19.2. The van der Waals surface area contributed by atoms with Crippen LogP contribution in [0.15, 0.2) is 24.3 Å². The van der Waals surface area contributed by atoms with E-state index in [9.17, 15) is 13.2 Å². The number of rotatable bonds is 5. The third-order valence-corrected chi connectivity index (χ3v) is 4.82. The molecule has 6 heteroatoms. The summed E-state index contributed by atoms with van der Waals surface area (Å²) in [7, 11) is -3.23. The molecule has 0 bridgehead atoms. The minimum atomic E-state index is -3.23. The lowest BCUT2D eigenvalue weighted by atomic mass is 9.99. The molecule has 1 aromatic carbocycles. The van der Waals surface area contributed by atoms with E-state index in [1.165, 1.54) is 0 Å². The van der Waals surface area contributed by atoms with Gasteiger partial charge in [0.05, 0.1) is 12.7 Å². The number of benzene rings is 1. The molecule has 0 spiro atoms. The molecule has 2 rings (SSSR count). The number of carbonyl (C=O) groups excluding carboxylic acids is 1. The summed E-state index contributed by atoms with van der Waals surface area (Å²) >= 11 is 0. The van der Waals surface area contributed by atoms with Crippen LogP contribution in [-0.4, -0.2) is 44.6 Å². The number of hydrogen-bond donors (Lipinski definition) is 1. The number of sulfonamides is 1. The second-order valence-corrected chi connectivity index (χ2v) is 7.79. The highest BCUT2D eigenvalue weighted by molar-refractivity contribution is 7.88. The molecule has 1 aliphatic heterocycles. The zero-order valence-corrected chi connectivity index (χ0v) is 14.0. The fraction of sp³-hybridized carbons (Fsp3) is 0.562. The van der Waals surface area contributed by atoms with Gasteiger partial charge < -0.3 is 4.90 Å². The third kappa shape index (κ3) is 4.81. The lowest BCUT2D eigenvalue weighted by Gasteiger charge is -2.36. The Bertz CT molecular complexity index is 628. The van der Waals surface area contributed by atoms with Crippen molar-refractivity contribution in [3.05, 3.63) is 35.4 Å². The fourth-order valence-corrected chi connectivity index (χ4v) is 3.36. The van der Waals surface area contributed by atoms with E-state index in [4.69, 9.17) is 0 Å². The van der Waals surface area contributed by atoms with Gasteiger partial charge in [-0.05, 0) is 37.3 Å². The van der Waals surface area contributed by atoms with Gasteiger partial charge in [0.1, 0.15) is 0 Å². The highest BCUT2D eigenvalue weighted by Crippen LogP contribution is 2.19. The zero-order chi connectivity index (χ0) is 16.2. The van der Waals surface area contributed by atoms with E-state index in [0.717, 1.165) is 36.6 Å². The molecule has 1 aliphatic rings. The first-order valence-corrected chi connectivity index (χ1v) is 9.54. The number of piperidine rings is 1. The predicted octanol–water partition coefficient (Wildman–Crippen LogP) is 1.47. The van der Waals surface area contributed by atoms with Crippen molar-refractivity contribution < 1.29 is 13.2 Å². The highest BCUT2D eigenvalue weighted by atomic mass is 32.2. The Morgan fingerprint density at radius 2 is 2.05 bits per heavy atom. The minimum Gasteiger partial charge on any atom is -0.338 e. The van der Waals surface area contributed by atoms with E-state index >= 15 is 0 Å². The molecule has 0 saturated carbocycles. The summed E-state index contributed by atoms with van der Waals surface area (Å²) in [6, 6.07) is 7.83. The Kier molecular flexibility index (Phi) is 5.58. The minimum absolute atomic E-state index is 0.0417. The molecule has 0 unspecified atom stereocenters. The summed E-state index contributed by atoms with van der Waals surface area (Å²) in [5.41, 5.74) is 2.14. The van der Waals surface area contributed by atoms with Crippen LogP contribution in [0.3, 0.4) is 0 Å². The Labute approximate surface area is 132 Å². The number of hydrogen-bond acceptors (Lipinski definition) is 3. The quantitative estimate of drug-likeness (QED) is 0.892. The number of amides is 1.